The van der Waals surface area contributed by atoms with Gasteiger partial charge in [-0.25, -0.2) is 9.97 Å². The number of rotatable bonds is 7. The largest absolute Gasteiger partial charge is 0.315 e. The highest BCUT2D eigenvalue weighted by Gasteiger charge is 2.22. The number of fused-ring (bicyclic) bond motifs is 6. The first-order valence-electron chi connectivity index (χ1n) is 18.6. The fourth-order valence-corrected chi connectivity index (χ4v) is 8.18. The van der Waals surface area contributed by atoms with E-state index in [1.165, 1.54) is 27.4 Å². The van der Waals surface area contributed by atoms with Gasteiger partial charge in [-0.2, -0.15) is 0 Å². The molecule has 5 heteroatoms. The Morgan fingerprint density at radius 1 is 0.527 bits per heavy atom. The molecule has 0 aliphatic rings. The molecule has 0 N–H and O–H groups in total. The van der Waals surface area contributed by atoms with Crippen LogP contribution in [0.4, 0.5) is 11.4 Å². The fraction of sp³-hybridized carbons (Fsp3) is 0.0400. The maximum atomic E-state index is 5.52. The van der Waals surface area contributed by atoms with Gasteiger partial charge in [-0.1, -0.05) is 122 Å². The SMILES string of the molecule is C=C(C)N(c1cccc(-c2nc(-c3cccc(-n4c5ccccc5c5ccccc54)c3)c3c(n2)c2ccccc2n3-c2ccccc2)c1)c1ccccc1C. The Hall–Kier alpha value is -7.24. The van der Waals surface area contributed by atoms with Crippen LogP contribution in [0.2, 0.25) is 0 Å². The van der Waals surface area contributed by atoms with Crippen molar-refractivity contribution < 1.29 is 0 Å². The molecule has 55 heavy (non-hydrogen) atoms. The van der Waals surface area contributed by atoms with Crippen LogP contribution < -0.4 is 4.90 Å². The number of anilines is 2. The van der Waals surface area contributed by atoms with E-state index in [0.29, 0.717) is 5.82 Å². The maximum Gasteiger partial charge on any atom is 0.160 e. The lowest BCUT2D eigenvalue weighted by atomic mass is 10.1. The molecule has 0 spiro atoms. The Labute approximate surface area is 319 Å². The van der Waals surface area contributed by atoms with Gasteiger partial charge in [0.1, 0.15) is 5.52 Å². The van der Waals surface area contributed by atoms with Crippen LogP contribution in [0.25, 0.3) is 77.8 Å². The first-order chi connectivity index (χ1) is 27.0. The van der Waals surface area contributed by atoms with Crippen LogP contribution >= 0.6 is 0 Å². The summed E-state index contributed by atoms with van der Waals surface area (Å²) in [5.41, 5.74) is 14.4. The quantitative estimate of drug-likeness (QED) is 0.166. The highest BCUT2D eigenvalue weighted by molar-refractivity contribution is 6.12. The van der Waals surface area contributed by atoms with Gasteiger partial charge in [0, 0.05) is 55.7 Å². The van der Waals surface area contributed by atoms with Gasteiger partial charge in [0.15, 0.2) is 5.82 Å². The molecule has 0 aliphatic carbocycles. The summed E-state index contributed by atoms with van der Waals surface area (Å²) < 4.78 is 4.68. The second-order valence-corrected chi connectivity index (χ2v) is 14.1. The number of aryl methyl sites for hydroxylation is 1. The van der Waals surface area contributed by atoms with Gasteiger partial charge in [0.05, 0.1) is 27.8 Å². The molecule has 0 amide bonds. The monoisotopic (exact) mass is 707 g/mol. The first kappa shape index (κ1) is 32.4. The molecule has 7 aromatic carbocycles. The van der Waals surface area contributed by atoms with Crippen molar-refractivity contribution in [2.24, 2.45) is 0 Å². The second-order valence-electron chi connectivity index (χ2n) is 14.1. The van der Waals surface area contributed by atoms with Crippen molar-refractivity contribution >= 4 is 55.1 Å². The van der Waals surface area contributed by atoms with E-state index in [0.717, 1.165) is 67.2 Å². The third kappa shape index (κ3) is 5.32. The Morgan fingerprint density at radius 3 is 1.82 bits per heavy atom. The van der Waals surface area contributed by atoms with Gasteiger partial charge >= 0.3 is 0 Å². The Balaban J connectivity index is 1.25. The zero-order valence-corrected chi connectivity index (χ0v) is 30.7. The number of allylic oxidation sites excluding steroid dienone is 1. The average Bonchev–Trinajstić information content (AvgIpc) is 3.75. The van der Waals surface area contributed by atoms with Crippen LogP contribution in [-0.4, -0.2) is 19.1 Å². The molecular formula is C50H37N5. The minimum atomic E-state index is 0.661. The molecule has 5 nitrogen and oxygen atoms in total. The summed E-state index contributed by atoms with van der Waals surface area (Å²) in [6, 6.07) is 62.0. The molecule has 10 aromatic rings. The highest BCUT2D eigenvalue weighted by Crippen LogP contribution is 2.40. The summed E-state index contributed by atoms with van der Waals surface area (Å²) in [4.78, 5) is 13.1. The molecule has 0 atom stereocenters. The smallest absolute Gasteiger partial charge is 0.160 e. The minimum absolute atomic E-state index is 0.661. The van der Waals surface area contributed by atoms with E-state index < -0.39 is 0 Å². The van der Waals surface area contributed by atoms with Crippen molar-refractivity contribution in [1.82, 2.24) is 19.1 Å². The summed E-state index contributed by atoms with van der Waals surface area (Å²) in [6.45, 7) is 8.55. The molecule has 262 valence electrons. The fourth-order valence-electron chi connectivity index (χ4n) is 8.18. The standard InChI is InChI=1S/C50H37N5/c1-33(2)53(43-27-11-7-17-34(43)3)38-22-16-19-36(32-38)50-51-47(49-48(52-50)42-26-10-14-30-46(42)55(49)37-20-5-4-6-21-37)35-18-15-23-39(31-35)54-44-28-12-8-24-40(44)41-25-9-13-29-45(41)54/h4-32H,1H2,2-3H3. The van der Waals surface area contributed by atoms with Crippen LogP contribution in [0.15, 0.2) is 188 Å². The molecule has 3 aromatic heterocycles. The molecule has 0 saturated heterocycles. The lowest BCUT2D eigenvalue weighted by Crippen LogP contribution is -2.14. The molecule has 0 saturated carbocycles. The topological polar surface area (TPSA) is 38.9 Å². The molecule has 3 heterocycles. The van der Waals surface area contributed by atoms with Crippen LogP contribution in [0.3, 0.4) is 0 Å². The van der Waals surface area contributed by atoms with Crippen molar-refractivity contribution in [3.63, 3.8) is 0 Å². The zero-order valence-electron chi connectivity index (χ0n) is 30.7. The van der Waals surface area contributed by atoms with Gasteiger partial charge in [-0.15, -0.1) is 0 Å². The first-order valence-corrected chi connectivity index (χ1v) is 18.6. The van der Waals surface area contributed by atoms with Gasteiger partial charge in [-0.05, 0) is 80.1 Å². The molecule has 0 unspecified atom stereocenters. The normalized spacial score (nSPS) is 11.5. The van der Waals surface area contributed by atoms with Gasteiger partial charge < -0.3 is 14.0 Å². The van der Waals surface area contributed by atoms with Gasteiger partial charge in [-0.3, -0.25) is 0 Å². The summed E-state index contributed by atoms with van der Waals surface area (Å²) in [5, 5.41) is 3.53. The molecule has 0 aliphatic heterocycles. The molecule has 0 bridgehead atoms. The maximum absolute atomic E-state index is 5.52. The van der Waals surface area contributed by atoms with E-state index in [9.17, 15) is 0 Å². The molecule has 0 fully saturated rings. The highest BCUT2D eigenvalue weighted by atomic mass is 15.1. The van der Waals surface area contributed by atoms with Crippen LogP contribution in [0.5, 0.6) is 0 Å². The van der Waals surface area contributed by atoms with Gasteiger partial charge in [0.25, 0.3) is 0 Å². The lowest BCUT2D eigenvalue weighted by molar-refractivity contribution is 1.14. The number of nitrogens with zero attached hydrogens (tertiary/aromatic N) is 5. The predicted molar refractivity (Wildman–Crippen MR) is 230 cm³/mol. The van der Waals surface area contributed by atoms with Crippen molar-refractivity contribution in [3.8, 4) is 34.0 Å². The molecule has 0 radical (unpaired) electrons. The zero-order chi connectivity index (χ0) is 37.0. The number of aromatic nitrogens is 4. The van der Waals surface area contributed by atoms with E-state index in [1.54, 1.807) is 0 Å². The lowest BCUT2D eigenvalue weighted by Gasteiger charge is -2.27. The van der Waals surface area contributed by atoms with Crippen molar-refractivity contribution in [2.45, 2.75) is 13.8 Å². The van der Waals surface area contributed by atoms with E-state index in [-0.39, 0.29) is 0 Å². The average molecular weight is 708 g/mol. The number of benzene rings is 7. The van der Waals surface area contributed by atoms with Crippen LogP contribution in [0, 0.1) is 6.92 Å². The van der Waals surface area contributed by atoms with Crippen molar-refractivity contribution in [2.75, 3.05) is 4.90 Å². The van der Waals surface area contributed by atoms with Crippen molar-refractivity contribution in [1.29, 1.82) is 0 Å². The number of hydrogen-bond donors (Lipinski definition) is 0. The summed E-state index contributed by atoms with van der Waals surface area (Å²) in [5.74, 6) is 0.661. The predicted octanol–water partition coefficient (Wildman–Crippen LogP) is 13.0. The third-order valence-electron chi connectivity index (χ3n) is 10.6. The van der Waals surface area contributed by atoms with E-state index >= 15 is 0 Å². The Bertz CT molecular complexity index is 3040. The van der Waals surface area contributed by atoms with Crippen molar-refractivity contribution in [3.05, 3.63) is 194 Å². The van der Waals surface area contributed by atoms with E-state index in [1.807, 2.05) is 6.92 Å². The molecular weight excluding hydrogens is 671 g/mol. The van der Waals surface area contributed by atoms with E-state index in [2.05, 4.69) is 203 Å². The summed E-state index contributed by atoms with van der Waals surface area (Å²) in [6.07, 6.45) is 0. The Morgan fingerprint density at radius 2 is 1.11 bits per heavy atom. The number of para-hydroxylation sites is 5. The summed E-state index contributed by atoms with van der Waals surface area (Å²) >= 11 is 0. The van der Waals surface area contributed by atoms with Gasteiger partial charge in [0.2, 0.25) is 0 Å². The summed E-state index contributed by atoms with van der Waals surface area (Å²) in [7, 11) is 0. The molecule has 10 rings (SSSR count). The van der Waals surface area contributed by atoms with E-state index in [4.69, 9.17) is 9.97 Å². The number of hydrogen-bond acceptors (Lipinski definition) is 3. The second kappa shape index (κ2) is 13.0. The van der Waals surface area contributed by atoms with Crippen LogP contribution in [-0.2, 0) is 0 Å². The Kier molecular flexibility index (Phi) is 7.67. The minimum Gasteiger partial charge on any atom is -0.315 e. The van der Waals surface area contributed by atoms with Crippen LogP contribution in [0.1, 0.15) is 12.5 Å². The third-order valence-corrected chi connectivity index (χ3v) is 10.6.